The maximum absolute atomic E-state index is 13.2. The van der Waals surface area contributed by atoms with Crippen LogP contribution in [0.1, 0.15) is 49.7 Å². The number of carbonyl (C=O) groups is 2. The summed E-state index contributed by atoms with van der Waals surface area (Å²) < 4.78 is 4.98. The number of aryl methyl sites for hydroxylation is 1. The lowest BCUT2D eigenvalue weighted by molar-refractivity contribution is -0.117. The highest BCUT2D eigenvalue weighted by atomic mass is 35.5. The summed E-state index contributed by atoms with van der Waals surface area (Å²) in [6, 6.07) is 8.40. The molecule has 2 amide bonds. The molecule has 2 rings (SSSR count). The summed E-state index contributed by atoms with van der Waals surface area (Å²) in [6.45, 7) is 10.8. The Morgan fingerprint density at radius 3 is 2.53 bits per heavy atom. The molecule has 0 spiro atoms. The summed E-state index contributed by atoms with van der Waals surface area (Å²) in [5, 5.41) is 6.83. The topological polar surface area (TPSA) is 78.7 Å². The van der Waals surface area contributed by atoms with Crippen LogP contribution in [-0.4, -0.2) is 59.0 Å². The number of hydrogen-bond donors (Lipinski definition) is 1. The van der Waals surface area contributed by atoms with Gasteiger partial charge in [-0.05, 0) is 58.5 Å². The molecule has 7 nitrogen and oxygen atoms in total. The minimum atomic E-state index is -0.334. The number of benzene rings is 1. The van der Waals surface area contributed by atoms with Crippen molar-refractivity contribution in [3.63, 3.8) is 0 Å². The van der Waals surface area contributed by atoms with Crippen LogP contribution in [0.5, 0.6) is 0 Å². The molecule has 2 aromatic rings. The number of amides is 2. The van der Waals surface area contributed by atoms with Gasteiger partial charge in [0.2, 0.25) is 5.91 Å². The average molecular weight is 435 g/mol. The molecular formula is C22H31ClN4O3. The van der Waals surface area contributed by atoms with Crippen molar-refractivity contribution in [2.45, 2.75) is 46.6 Å². The van der Waals surface area contributed by atoms with Gasteiger partial charge in [0.05, 0.1) is 10.6 Å². The molecule has 1 aromatic heterocycles. The summed E-state index contributed by atoms with van der Waals surface area (Å²) in [5.41, 5.74) is 0.389. The quantitative estimate of drug-likeness (QED) is 0.572. The normalized spacial score (nSPS) is 12.1. The van der Waals surface area contributed by atoms with E-state index in [0.717, 1.165) is 32.5 Å². The Kier molecular flexibility index (Phi) is 9.33. The lowest BCUT2D eigenvalue weighted by atomic mass is 10.1. The number of hydrogen-bond acceptors (Lipinski definition) is 5. The van der Waals surface area contributed by atoms with E-state index in [2.05, 4.69) is 29.2 Å². The van der Waals surface area contributed by atoms with Gasteiger partial charge in [-0.1, -0.05) is 42.7 Å². The Labute approximate surface area is 183 Å². The standard InChI is InChI=1S/C22H31ClN4O3/c1-5-26(6-2)13-9-10-16(3)27(22(29)18-11-7-8-12-19(18)23)15-21(28)24-20-14-17(4)30-25-20/h7-8,11-12,14,16H,5-6,9-10,13,15H2,1-4H3,(H,24,25,28). The van der Waals surface area contributed by atoms with E-state index in [-0.39, 0.29) is 24.4 Å². The van der Waals surface area contributed by atoms with E-state index in [4.69, 9.17) is 16.1 Å². The van der Waals surface area contributed by atoms with Crippen LogP contribution in [0, 0.1) is 6.92 Å². The largest absolute Gasteiger partial charge is 0.360 e. The summed E-state index contributed by atoms with van der Waals surface area (Å²) in [4.78, 5) is 29.7. The minimum absolute atomic E-state index is 0.0948. The number of nitrogens with zero attached hydrogens (tertiary/aromatic N) is 3. The summed E-state index contributed by atoms with van der Waals surface area (Å²) in [5.74, 6) is 0.331. The van der Waals surface area contributed by atoms with Crippen molar-refractivity contribution >= 4 is 29.2 Å². The van der Waals surface area contributed by atoms with Gasteiger partial charge in [0, 0.05) is 12.1 Å². The zero-order valence-electron chi connectivity index (χ0n) is 18.2. The maximum Gasteiger partial charge on any atom is 0.256 e. The Bertz CT molecular complexity index is 835. The van der Waals surface area contributed by atoms with Gasteiger partial charge in [-0.3, -0.25) is 9.59 Å². The van der Waals surface area contributed by atoms with E-state index in [1.807, 2.05) is 6.92 Å². The van der Waals surface area contributed by atoms with Crippen LogP contribution < -0.4 is 5.32 Å². The third kappa shape index (κ3) is 6.85. The van der Waals surface area contributed by atoms with E-state index in [1.165, 1.54) is 0 Å². The molecule has 1 unspecified atom stereocenters. The first-order valence-electron chi connectivity index (χ1n) is 10.4. The van der Waals surface area contributed by atoms with Crippen LogP contribution in [0.2, 0.25) is 5.02 Å². The van der Waals surface area contributed by atoms with E-state index < -0.39 is 0 Å². The molecule has 0 aliphatic rings. The van der Waals surface area contributed by atoms with Crippen LogP contribution in [0.25, 0.3) is 0 Å². The van der Waals surface area contributed by atoms with Gasteiger partial charge in [0.15, 0.2) is 5.82 Å². The van der Waals surface area contributed by atoms with Crippen LogP contribution in [0.3, 0.4) is 0 Å². The molecule has 1 atom stereocenters. The van der Waals surface area contributed by atoms with Crippen LogP contribution >= 0.6 is 11.6 Å². The zero-order chi connectivity index (χ0) is 22.1. The number of nitrogens with one attached hydrogen (secondary N) is 1. The number of anilines is 1. The molecular weight excluding hydrogens is 404 g/mol. The number of halogens is 1. The lowest BCUT2D eigenvalue weighted by Gasteiger charge is -2.30. The molecule has 8 heteroatoms. The molecule has 1 heterocycles. The first-order chi connectivity index (χ1) is 14.3. The molecule has 1 aromatic carbocycles. The second-order valence-corrected chi connectivity index (χ2v) is 7.71. The van der Waals surface area contributed by atoms with E-state index in [0.29, 0.717) is 22.2 Å². The molecule has 0 aliphatic carbocycles. The Hall–Kier alpha value is -2.38. The summed E-state index contributed by atoms with van der Waals surface area (Å²) in [6.07, 6.45) is 1.71. The van der Waals surface area contributed by atoms with Crippen LogP contribution in [0.15, 0.2) is 34.9 Å². The van der Waals surface area contributed by atoms with Gasteiger partial charge in [-0.15, -0.1) is 0 Å². The third-order valence-electron chi connectivity index (χ3n) is 5.10. The molecule has 0 fully saturated rings. The van der Waals surface area contributed by atoms with E-state index >= 15 is 0 Å². The molecule has 0 bridgehead atoms. The van der Waals surface area contributed by atoms with Gasteiger partial charge in [-0.25, -0.2) is 0 Å². The fourth-order valence-corrected chi connectivity index (χ4v) is 3.50. The van der Waals surface area contributed by atoms with Gasteiger partial charge >= 0.3 is 0 Å². The van der Waals surface area contributed by atoms with Gasteiger partial charge < -0.3 is 19.6 Å². The second kappa shape index (κ2) is 11.7. The summed E-state index contributed by atoms with van der Waals surface area (Å²) >= 11 is 6.24. The van der Waals surface area contributed by atoms with Crippen LogP contribution in [0.4, 0.5) is 5.82 Å². The molecule has 0 saturated carbocycles. The third-order valence-corrected chi connectivity index (χ3v) is 5.43. The van der Waals surface area contributed by atoms with Crippen molar-refractivity contribution in [2.75, 3.05) is 31.5 Å². The van der Waals surface area contributed by atoms with Gasteiger partial charge in [0.25, 0.3) is 5.91 Å². The molecule has 164 valence electrons. The first-order valence-corrected chi connectivity index (χ1v) is 10.7. The Morgan fingerprint density at radius 2 is 1.93 bits per heavy atom. The Balaban J connectivity index is 2.11. The second-order valence-electron chi connectivity index (χ2n) is 7.30. The van der Waals surface area contributed by atoms with E-state index in [1.54, 1.807) is 42.2 Å². The lowest BCUT2D eigenvalue weighted by Crippen LogP contribution is -2.44. The van der Waals surface area contributed by atoms with Gasteiger partial charge in [0.1, 0.15) is 12.3 Å². The maximum atomic E-state index is 13.2. The molecule has 0 aliphatic heterocycles. The minimum Gasteiger partial charge on any atom is -0.360 e. The van der Waals surface area contributed by atoms with Crippen molar-refractivity contribution in [2.24, 2.45) is 0 Å². The fourth-order valence-electron chi connectivity index (χ4n) is 3.29. The fraction of sp³-hybridized carbons (Fsp3) is 0.500. The SMILES string of the molecule is CCN(CC)CCCC(C)N(CC(=O)Nc1cc(C)on1)C(=O)c1ccccc1Cl. The molecule has 0 saturated heterocycles. The number of rotatable bonds is 11. The predicted molar refractivity (Wildman–Crippen MR) is 119 cm³/mol. The Morgan fingerprint density at radius 1 is 1.23 bits per heavy atom. The highest BCUT2D eigenvalue weighted by Crippen LogP contribution is 2.20. The van der Waals surface area contributed by atoms with Crippen molar-refractivity contribution in [1.29, 1.82) is 0 Å². The zero-order valence-corrected chi connectivity index (χ0v) is 18.9. The molecule has 30 heavy (non-hydrogen) atoms. The predicted octanol–water partition coefficient (Wildman–Crippen LogP) is 4.23. The van der Waals surface area contributed by atoms with E-state index in [9.17, 15) is 9.59 Å². The van der Waals surface area contributed by atoms with Crippen molar-refractivity contribution in [3.05, 3.63) is 46.7 Å². The highest BCUT2D eigenvalue weighted by molar-refractivity contribution is 6.33. The van der Waals surface area contributed by atoms with Crippen molar-refractivity contribution < 1.29 is 14.1 Å². The van der Waals surface area contributed by atoms with Crippen molar-refractivity contribution in [3.8, 4) is 0 Å². The molecule has 0 radical (unpaired) electrons. The number of aromatic nitrogens is 1. The van der Waals surface area contributed by atoms with Gasteiger partial charge in [-0.2, -0.15) is 0 Å². The van der Waals surface area contributed by atoms with Crippen molar-refractivity contribution in [1.82, 2.24) is 15.0 Å². The highest BCUT2D eigenvalue weighted by Gasteiger charge is 2.25. The monoisotopic (exact) mass is 434 g/mol. The van der Waals surface area contributed by atoms with Crippen LogP contribution in [-0.2, 0) is 4.79 Å². The molecule has 1 N–H and O–H groups in total. The first kappa shape index (κ1) is 23.9. The number of carbonyl (C=O) groups excluding carboxylic acids is 2. The summed E-state index contributed by atoms with van der Waals surface area (Å²) in [7, 11) is 0. The smallest absolute Gasteiger partial charge is 0.256 e. The average Bonchev–Trinajstić information content (AvgIpc) is 3.13.